The fourth-order valence-corrected chi connectivity index (χ4v) is 6.94. The first-order valence-corrected chi connectivity index (χ1v) is 19.4. The molecule has 9 rings (SSSR count). The van der Waals surface area contributed by atoms with Crippen molar-refractivity contribution in [3.05, 3.63) is 83.1 Å². The van der Waals surface area contributed by atoms with Crippen LogP contribution in [-0.4, -0.2) is 130 Å². The first-order valence-electron chi connectivity index (χ1n) is 19.0. The van der Waals surface area contributed by atoms with E-state index in [1.54, 1.807) is 12.4 Å². The Hall–Kier alpha value is -4.34. The van der Waals surface area contributed by atoms with Crippen LogP contribution in [0.4, 0.5) is 11.6 Å². The van der Waals surface area contributed by atoms with E-state index in [4.69, 9.17) is 25.9 Å². The quantitative estimate of drug-likeness (QED) is 0.273. The highest BCUT2D eigenvalue weighted by atomic mass is 35.5. The molecule has 5 aliphatic rings. The van der Waals surface area contributed by atoms with Gasteiger partial charge in [-0.05, 0) is 66.4 Å². The second-order valence-electron chi connectivity index (χ2n) is 15.7. The standard InChI is InChI=1S/C17H19N5.C14H19BN2O2.C9H13ClN4/c1-21-5-7-22(8-6-21)17-12-18-11-16(20-17)14-9-13-3-2-4-15(13)19-10-14;1-9-11-6-10(7-17-12(11)8-16-9)15-18-13(2,3)14(4,5)19-15;1-13-2-4-14(5-3-13)9-7-11-6-8(10)12-9/h2-3,9-12H,4-8H2,1H3;6-7H,8H2,1-5H3;6-7H,2-5H2,1H3. The van der Waals surface area contributed by atoms with Crippen LogP contribution in [0.2, 0.25) is 5.15 Å². The number of pyridine rings is 2. The van der Waals surface area contributed by atoms with Crippen LogP contribution >= 0.6 is 11.6 Å². The van der Waals surface area contributed by atoms with Crippen LogP contribution in [-0.2, 0) is 22.3 Å². The molecule has 0 saturated carbocycles. The molecule has 3 fully saturated rings. The van der Waals surface area contributed by atoms with E-state index in [1.165, 1.54) is 5.56 Å². The van der Waals surface area contributed by atoms with Crippen molar-refractivity contribution < 1.29 is 9.31 Å². The van der Waals surface area contributed by atoms with Crippen molar-refractivity contribution in [1.29, 1.82) is 0 Å². The molecule has 3 saturated heterocycles. The smallest absolute Gasteiger partial charge is 0.399 e. The fraction of sp³-hybridized carbons (Fsp3) is 0.475. The lowest BCUT2D eigenvalue weighted by molar-refractivity contribution is 0.00578. The molecular weight excluding hydrogens is 713 g/mol. The van der Waals surface area contributed by atoms with E-state index in [-0.39, 0.29) is 18.3 Å². The van der Waals surface area contributed by atoms with Crippen LogP contribution in [0.3, 0.4) is 0 Å². The summed E-state index contributed by atoms with van der Waals surface area (Å²) >= 11 is 5.78. The Balaban J connectivity index is 0.000000130. The molecule has 0 radical (unpaired) electrons. The van der Waals surface area contributed by atoms with Crippen molar-refractivity contribution in [3.63, 3.8) is 0 Å². The van der Waals surface area contributed by atoms with E-state index >= 15 is 0 Å². The molecule has 0 unspecified atom stereocenters. The number of anilines is 2. The molecule has 288 valence electrons. The minimum absolute atomic E-state index is 0.320. The van der Waals surface area contributed by atoms with Crippen LogP contribution in [0.1, 0.15) is 57.1 Å². The van der Waals surface area contributed by atoms with Crippen LogP contribution in [0.25, 0.3) is 17.3 Å². The minimum atomic E-state index is -0.351. The predicted molar refractivity (Wildman–Crippen MR) is 220 cm³/mol. The summed E-state index contributed by atoms with van der Waals surface area (Å²) in [6.07, 6.45) is 16.0. The van der Waals surface area contributed by atoms with E-state index in [2.05, 4.69) is 116 Å². The highest BCUT2D eigenvalue weighted by Crippen LogP contribution is 2.36. The number of aromatic nitrogens is 6. The van der Waals surface area contributed by atoms with Gasteiger partial charge in [-0.25, -0.2) is 9.97 Å². The molecule has 0 spiro atoms. The monoisotopic (exact) mass is 763 g/mol. The van der Waals surface area contributed by atoms with Gasteiger partial charge in [0.25, 0.3) is 0 Å². The third-order valence-electron chi connectivity index (χ3n) is 11.1. The van der Waals surface area contributed by atoms with Crippen molar-refractivity contribution in [2.45, 2.75) is 58.8 Å². The summed E-state index contributed by atoms with van der Waals surface area (Å²) in [6, 6.07) is 4.25. The van der Waals surface area contributed by atoms with Crippen molar-refractivity contribution >= 4 is 47.6 Å². The third kappa shape index (κ3) is 9.05. The zero-order valence-corrected chi connectivity index (χ0v) is 33.8. The van der Waals surface area contributed by atoms with E-state index in [0.29, 0.717) is 11.7 Å². The van der Waals surface area contributed by atoms with E-state index in [0.717, 1.165) is 110 Å². The average molecular weight is 764 g/mol. The van der Waals surface area contributed by atoms with Gasteiger partial charge >= 0.3 is 7.12 Å². The lowest BCUT2D eigenvalue weighted by Gasteiger charge is -2.33. The highest BCUT2D eigenvalue weighted by Gasteiger charge is 2.52. The maximum Gasteiger partial charge on any atom is 0.496 e. The Morgan fingerprint density at radius 3 is 1.95 bits per heavy atom. The summed E-state index contributed by atoms with van der Waals surface area (Å²) in [5, 5.41) is 0.460. The maximum atomic E-state index is 6.04. The second kappa shape index (κ2) is 16.4. The lowest BCUT2D eigenvalue weighted by Crippen LogP contribution is -2.44. The number of piperazine rings is 2. The van der Waals surface area contributed by atoms with Crippen molar-refractivity contribution in [3.8, 4) is 11.3 Å². The molecule has 0 atom stereocenters. The Morgan fingerprint density at radius 2 is 1.31 bits per heavy atom. The van der Waals surface area contributed by atoms with Gasteiger partial charge in [0.05, 0.1) is 59.6 Å². The molecule has 0 bridgehead atoms. The SMILES string of the molecule is CC1=NCc2ncc(B3OC(C)(C)C(C)(C)O3)cc21.CN1CCN(c2cncc(-c3cnc4c(c3)C=CC4)n2)CC1.CN1CCN(c2cncc(Cl)n2)CC1. The summed E-state index contributed by atoms with van der Waals surface area (Å²) in [7, 11) is 3.93. The van der Waals surface area contributed by atoms with Crippen LogP contribution < -0.4 is 15.3 Å². The molecule has 1 aliphatic carbocycles. The van der Waals surface area contributed by atoms with Gasteiger partial charge in [0, 0.05) is 93.5 Å². The van der Waals surface area contributed by atoms with Gasteiger partial charge in [-0.15, -0.1) is 0 Å². The van der Waals surface area contributed by atoms with Gasteiger partial charge in [-0.3, -0.25) is 24.9 Å². The van der Waals surface area contributed by atoms with Gasteiger partial charge < -0.3 is 28.9 Å². The second-order valence-corrected chi connectivity index (χ2v) is 16.0. The largest absolute Gasteiger partial charge is 0.496 e. The number of hydrogen-bond donors (Lipinski definition) is 0. The molecule has 0 aromatic carbocycles. The number of aliphatic imine (C=N–C) groups is 1. The number of halogens is 1. The van der Waals surface area contributed by atoms with Crippen molar-refractivity contribution in [2.75, 3.05) is 76.3 Å². The number of nitrogens with zero attached hydrogens (tertiary/aromatic N) is 11. The maximum absolute atomic E-state index is 6.04. The molecule has 0 amide bonds. The number of likely N-dealkylation sites (N-methyl/N-ethyl adjacent to an activating group) is 2. The molecule has 0 N–H and O–H groups in total. The molecule has 4 aromatic rings. The zero-order chi connectivity index (χ0) is 38.7. The van der Waals surface area contributed by atoms with Gasteiger partial charge in [-0.2, -0.15) is 0 Å². The molecule has 8 heterocycles. The summed E-state index contributed by atoms with van der Waals surface area (Å²) in [6.45, 7) is 19.2. The third-order valence-corrected chi connectivity index (χ3v) is 11.3. The van der Waals surface area contributed by atoms with Gasteiger partial charge in [0.1, 0.15) is 16.8 Å². The van der Waals surface area contributed by atoms with Crippen LogP contribution in [0.5, 0.6) is 0 Å². The van der Waals surface area contributed by atoms with E-state index in [9.17, 15) is 0 Å². The van der Waals surface area contributed by atoms with Crippen LogP contribution in [0.15, 0.2) is 60.4 Å². The summed E-state index contributed by atoms with van der Waals surface area (Å²) < 4.78 is 12.1. The average Bonchev–Trinajstić information content (AvgIpc) is 3.87. The van der Waals surface area contributed by atoms with Crippen LogP contribution in [0, 0.1) is 0 Å². The molecular formula is C40H51BClN11O2. The Morgan fingerprint density at radius 1 is 0.709 bits per heavy atom. The molecule has 55 heavy (non-hydrogen) atoms. The first kappa shape index (κ1) is 38.9. The summed E-state index contributed by atoms with van der Waals surface area (Å²) in [5.41, 5.74) is 7.80. The Kier molecular flexibility index (Phi) is 11.6. The predicted octanol–water partition coefficient (Wildman–Crippen LogP) is 4.44. The summed E-state index contributed by atoms with van der Waals surface area (Å²) in [5.74, 6) is 1.84. The van der Waals surface area contributed by atoms with Gasteiger partial charge in [0.15, 0.2) is 0 Å². The highest BCUT2D eigenvalue weighted by molar-refractivity contribution is 6.62. The number of hydrogen-bond acceptors (Lipinski definition) is 13. The van der Waals surface area contributed by atoms with Gasteiger partial charge in [-0.1, -0.05) is 23.8 Å². The Bertz CT molecular complexity index is 2030. The Labute approximate surface area is 330 Å². The van der Waals surface area contributed by atoms with Crippen molar-refractivity contribution in [2.24, 2.45) is 4.99 Å². The molecule has 4 aromatic heterocycles. The first-order chi connectivity index (χ1) is 26.3. The molecule has 13 nitrogen and oxygen atoms in total. The molecule has 15 heteroatoms. The summed E-state index contributed by atoms with van der Waals surface area (Å²) in [4.78, 5) is 40.0. The number of allylic oxidation sites excluding steroid dienone is 1. The number of rotatable bonds is 4. The van der Waals surface area contributed by atoms with E-state index in [1.807, 2.05) is 31.7 Å². The molecule has 4 aliphatic heterocycles. The zero-order valence-electron chi connectivity index (χ0n) is 33.0. The fourth-order valence-electron chi connectivity index (χ4n) is 6.80. The topological polar surface area (TPSA) is 121 Å². The minimum Gasteiger partial charge on any atom is -0.399 e. The van der Waals surface area contributed by atoms with Gasteiger partial charge in [0.2, 0.25) is 0 Å². The van der Waals surface area contributed by atoms with E-state index < -0.39 is 0 Å². The normalized spacial score (nSPS) is 19.9. The van der Waals surface area contributed by atoms with Crippen molar-refractivity contribution in [1.82, 2.24) is 39.7 Å². The number of fused-ring (bicyclic) bond motifs is 2. The lowest BCUT2D eigenvalue weighted by atomic mass is 9.79.